The van der Waals surface area contributed by atoms with Crippen molar-refractivity contribution >= 4 is 33.0 Å². The molecule has 8 nitrogen and oxygen atoms in total. The molecule has 1 aromatic carbocycles. The van der Waals surface area contributed by atoms with Gasteiger partial charge in [-0.2, -0.15) is 0 Å². The number of anilines is 2. The van der Waals surface area contributed by atoms with Crippen LogP contribution >= 0.6 is 0 Å². The van der Waals surface area contributed by atoms with E-state index in [9.17, 15) is 18.0 Å². The molecule has 0 bridgehead atoms. The average molecular weight is 421 g/mol. The Kier molecular flexibility index (Phi) is 5.89. The molecule has 3 fully saturated rings. The smallest absolute Gasteiger partial charge is 0.238 e. The molecule has 0 spiro atoms. The number of hydrogen-bond acceptors (Lipinski definition) is 6. The van der Waals surface area contributed by atoms with Crippen molar-refractivity contribution in [3.8, 4) is 0 Å². The van der Waals surface area contributed by atoms with Gasteiger partial charge in [-0.3, -0.25) is 19.4 Å². The number of piperazine rings is 1. The number of benzene rings is 1. The molecule has 1 N–H and O–H groups in total. The van der Waals surface area contributed by atoms with Gasteiger partial charge in [0, 0.05) is 56.6 Å². The minimum Gasteiger partial charge on any atom is -0.325 e. The highest BCUT2D eigenvalue weighted by molar-refractivity contribution is 7.91. The molecule has 158 valence electrons. The number of carbonyl (C=O) groups excluding carboxylic acids is 2. The van der Waals surface area contributed by atoms with Gasteiger partial charge in [0.1, 0.15) is 0 Å². The molecule has 0 aliphatic carbocycles. The van der Waals surface area contributed by atoms with Crippen molar-refractivity contribution < 1.29 is 18.0 Å². The second-order valence-corrected chi connectivity index (χ2v) is 10.3. The van der Waals surface area contributed by atoms with Gasteiger partial charge in [-0.15, -0.1) is 0 Å². The zero-order chi connectivity index (χ0) is 20.4. The van der Waals surface area contributed by atoms with Crippen LogP contribution < -0.4 is 10.2 Å². The maximum absolute atomic E-state index is 12.4. The molecule has 2 amide bonds. The molecule has 3 aliphatic heterocycles. The lowest BCUT2D eigenvalue weighted by atomic mass is 10.2. The Labute approximate surface area is 171 Å². The Bertz CT molecular complexity index is 863. The van der Waals surface area contributed by atoms with Gasteiger partial charge < -0.3 is 10.2 Å². The Hall–Kier alpha value is -1.97. The highest BCUT2D eigenvalue weighted by Crippen LogP contribution is 2.23. The molecule has 29 heavy (non-hydrogen) atoms. The molecule has 3 heterocycles. The summed E-state index contributed by atoms with van der Waals surface area (Å²) in [4.78, 5) is 30.3. The topological polar surface area (TPSA) is 90.0 Å². The lowest BCUT2D eigenvalue weighted by molar-refractivity contribution is -0.118. The van der Waals surface area contributed by atoms with E-state index in [4.69, 9.17) is 0 Å². The molecule has 0 unspecified atom stereocenters. The van der Waals surface area contributed by atoms with Gasteiger partial charge in [0.15, 0.2) is 9.84 Å². The van der Waals surface area contributed by atoms with Gasteiger partial charge in [0.05, 0.1) is 18.1 Å². The largest absolute Gasteiger partial charge is 0.325 e. The predicted molar refractivity (Wildman–Crippen MR) is 112 cm³/mol. The molecule has 0 radical (unpaired) electrons. The average Bonchev–Trinajstić information content (AvgIpc) is 3.28. The third-order valence-corrected chi connectivity index (χ3v) is 7.79. The van der Waals surface area contributed by atoms with Gasteiger partial charge in [0.25, 0.3) is 0 Å². The Morgan fingerprint density at radius 1 is 1.07 bits per heavy atom. The van der Waals surface area contributed by atoms with E-state index in [0.717, 1.165) is 56.9 Å². The Balaban J connectivity index is 1.23. The van der Waals surface area contributed by atoms with Crippen molar-refractivity contribution in [1.82, 2.24) is 9.80 Å². The summed E-state index contributed by atoms with van der Waals surface area (Å²) in [6.07, 6.45) is 2.21. The molecular weight excluding hydrogens is 392 g/mol. The second-order valence-electron chi connectivity index (χ2n) is 8.11. The summed E-state index contributed by atoms with van der Waals surface area (Å²) >= 11 is 0. The number of rotatable bonds is 5. The third kappa shape index (κ3) is 4.96. The first kappa shape index (κ1) is 20.3. The molecule has 1 aromatic rings. The van der Waals surface area contributed by atoms with Gasteiger partial charge >= 0.3 is 0 Å². The summed E-state index contributed by atoms with van der Waals surface area (Å²) in [6, 6.07) is 7.53. The molecule has 9 heteroatoms. The van der Waals surface area contributed by atoms with E-state index in [1.807, 2.05) is 24.3 Å². The number of nitrogens with zero attached hydrogens (tertiary/aromatic N) is 3. The van der Waals surface area contributed by atoms with E-state index in [1.165, 1.54) is 0 Å². The summed E-state index contributed by atoms with van der Waals surface area (Å²) in [5.74, 6) is 0.653. The standard InChI is InChI=1S/C20H28N4O4S/c25-19(21-16-3-5-17(6-4-16)24-8-1-2-20(24)26)14-22-9-11-23(12-10-22)18-7-13-29(27,28)15-18/h3-6,18H,1-2,7-15H2,(H,21,25)/t18-/m0/s1. The fourth-order valence-electron chi connectivity index (χ4n) is 4.40. The quantitative estimate of drug-likeness (QED) is 0.749. The van der Waals surface area contributed by atoms with Crippen molar-refractivity contribution in [2.45, 2.75) is 25.3 Å². The van der Waals surface area contributed by atoms with Crippen LogP contribution in [0.15, 0.2) is 24.3 Å². The number of nitrogens with one attached hydrogen (secondary N) is 1. The van der Waals surface area contributed by atoms with Crippen molar-refractivity contribution in [1.29, 1.82) is 0 Å². The van der Waals surface area contributed by atoms with E-state index in [-0.39, 0.29) is 23.6 Å². The van der Waals surface area contributed by atoms with E-state index in [1.54, 1.807) is 4.90 Å². The first-order valence-electron chi connectivity index (χ1n) is 10.3. The van der Waals surface area contributed by atoms with E-state index >= 15 is 0 Å². The van der Waals surface area contributed by atoms with Crippen LogP contribution in [0.5, 0.6) is 0 Å². The van der Waals surface area contributed by atoms with Gasteiger partial charge in [0.2, 0.25) is 11.8 Å². The van der Waals surface area contributed by atoms with Crippen LogP contribution in [-0.2, 0) is 19.4 Å². The molecule has 0 aromatic heterocycles. The summed E-state index contributed by atoms with van der Waals surface area (Å²) < 4.78 is 23.3. The zero-order valence-corrected chi connectivity index (χ0v) is 17.4. The number of sulfone groups is 1. The summed E-state index contributed by atoms with van der Waals surface area (Å²) in [6.45, 7) is 4.20. The summed E-state index contributed by atoms with van der Waals surface area (Å²) in [7, 11) is -2.86. The number of hydrogen-bond donors (Lipinski definition) is 1. The van der Waals surface area contributed by atoms with Crippen LogP contribution in [0.4, 0.5) is 11.4 Å². The second kappa shape index (κ2) is 8.41. The van der Waals surface area contributed by atoms with Crippen LogP contribution in [0.2, 0.25) is 0 Å². The van der Waals surface area contributed by atoms with Crippen LogP contribution in [-0.4, -0.2) is 86.8 Å². The highest BCUT2D eigenvalue weighted by atomic mass is 32.2. The molecule has 4 rings (SSSR count). The number of amides is 2. The Morgan fingerprint density at radius 3 is 2.38 bits per heavy atom. The van der Waals surface area contributed by atoms with Crippen LogP contribution in [0.3, 0.4) is 0 Å². The molecular formula is C20H28N4O4S. The highest BCUT2D eigenvalue weighted by Gasteiger charge is 2.33. The lowest BCUT2D eigenvalue weighted by Crippen LogP contribution is -2.52. The van der Waals surface area contributed by atoms with Gasteiger partial charge in [-0.1, -0.05) is 0 Å². The van der Waals surface area contributed by atoms with Gasteiger partial charge in [-0.05, 0) is 37.1 Å². The molecule has 0 saturated carbocycles. The maximum Gasteiger partial charge on any atom is 0.238 e. The summed E-state index contributed by atoms with van der Waals surface area (Å²) in [5.41, 5.74) is 1.59. The first-order chi connectivity index (χ1) is 13.9. The van der Waals surface area contributed by atoms with Crippen molar-refractivity contribution in [2.24, 2.45) is 0 Å². The number of carbonyl (C=O) groups is 2. The molecule has 3 aliphatic rings. The lowest BCUT2D eigenvalue weighted by Gasteiger charge is -2.37. The SMILES string of the molecule is O=C(CN1CCN([C@H]2CCS(=O)(=O)C2)CC1)Nc1ccc(N2CCCC2=O)cc1. The maximum atomic E-state index is 12.4. The normalized spacial score (nSPS) is 25.4. The van der Waals surface area contributed by atoms with E-state index in [2.05, 4.69) is 15.1 Å². The van der Waals surface area contributed by atoms with Crippen LogP contribution in [0, 0.1) is 0 Å². The minimum absolute atomic E-state index is 0.0631. The van der Waals surface area contributed by atoms with Crippen molar-refractivity contribution in [2.75, 3.05) is 61.0 Å². The fraction of sp³-hybridized carbons (Fsp3) is 0.600. The molecule has 1 atom stereocenters. The monoisotopic (exact) mass is 420 g/mol. The van der Waals surface area contributed by atoms with Crippen molar-refractivity contribution in [3.05, 3.63) is 24.3 Å². The predicted octanol–water partition coefficient (Wildman–Crippen LogP) is 0.557. The zero-order valence-electron chi connectivity index (χ0n) is 16.5. The van der Waals surface area contributed by atoms with Crippen LogP contribution in [0.1, 0.15) is 19.3 Å². The van der Waals surface area contributed by atoms with Crippen LogP contribution in [0.25, 0.3) is 0 Å². The Morgan fingerprint density at radius 2 is 1.79 bits per heavy atom. The van der Waals surface area contributed by atoms with Gasteiger partial charge in [-0.25, -0.2) is 8.42 Å². The molecule has 3 saturated heterocycles. The van der Waals surface area contributed by atoms with Crippen molar-refractivity contribution in [3.63, 3.8) is 0 Å². The minimum atomic E-state index is -2.86. The summed E-state index contributed by atoms with van der Waals surface area (Å²) in [5, 5.41) is 2.92. The third-order valence-electron chi connectivity index (χ3n) is 6.04. The van der Waals surface area contributed by atoms with E-state index < -0.39 is 9.84 Å². The first-order valence-corrected chi connectivity index (χ1v) is 12.1. The van der Waals surface area contributed by atoms with E-state index in [0.29, 0.717) is 18.7 Å². The fourth-order valence-corrected chi connectivity index (χ4v) is 6.16.